The van der Waals surface area contributed by atoms with Crippen LogP contribution in [0.4, 0.5) is 18.9 Å². The number of halogens is 4. The maximum Gasteiger partial charge on any atom is 0.419 e. The van der Waals surface area contributed by atoms with E-state index in [1.807, 2.05) is 0 Å². The lowest BCUT2D eigenvalue weighted by Gasteiger charge is -2.22. The molecule has 98 valence electrons. The summed E-state index contributed by atoms with van der Waals surface area (Å²) in [5.41, 5.74) is -1.17. The second-order valence-corrected chi connectivity index (χ2v) is 5.13. The van der Waals surface area contributed by atoms with Crippen LogP contribution < -0.4 is 4.90 Å². The molecule has 1 atom stereocenters. The average molecular weight is 296 g/mol. The van der Waals surface area contributed by atoms with E-state index in [-0.39, 0.29) is 29.8 Å². The van der Waals surface area contributed by atoms with E-state index in [1.165, 1.54) is 12.1 Å². The van der Waals surface area contributed by atoms with Crippen LogP contribution in [0.2, 0.25) is 5.02 Å². The van der Waals surface area contributed by atoms with Crippen LogP contribution in [0, 0.1) is 0 Å². The highest BCUT2D eigenvalue weighted by Crippen LogP contribution is 2.42. The van der Waals surface area contributed by atoms with E-state index >= 15 is 0 Å². The SMILES string of the molecule is O=C1CC(S)CN1c1cccc(Cl)c1C(F)(F)F. The number of carbonyl (C=O) groups excluding carboxylic acids is 1. The fourth-order valence-corrected chi connectivity index (χ4v) is 2.54. The molecule has 1 fully saturated rings. The van der Waals surface area contributed by atoms with E-state index in [2.05, 4.69) is 12.6 Å². The predicted octanol–water partition coefficient (Wildman–Crippen LogP) is 3.39. The van der Waals surface area contributed by atoms with Crippen LogP contribution in [0.5, 0.6) is 0 Å². The first-order valence-electron chi connectivity index (χ1n) is 5.15. The molecule has 2 nitrogen and oxygen atoms in total. The smallest absolute Gasteiger partial charge is 0.311 e. The summed E-state index contributed by atoms with van der Waals surface area (Å²) in [7, 11) is 0. The van der Waals surface area contributed by atoms with E-state index in [9.17, 15) is 18.0 Å². The van der Waals surface area contributed by atoms with Crippen molar-refractivity contribution in [2.45, 2.75) is 17.8 Å². The Balaban J connectivity index is 2.52. The lowest BCUT2D eigenvalue weighted by atomic mass is 10.1. The van der Waals surface area contributed by atoms with Gasteiger partial charge in [0.15, 0.2) is 0 Å². The molecule has 2 rings (SSSR count). The Labute approximate surface area is 112 Å². The molecule has 0 spiro atoms. The molecule has 0 saturated carbocycles. The van der Waals surface area contributed by atoms with Gasteiger partial charge in [-0.3, -0.25) is 4.79 Å². The molecule has 1 aromatic rings. The van der Waals surface area contributed by atoms with Gasteiger partial charge in [-0.1, -0.05) is 17.7 Å². The fourth-order valence-electron chi connectivity index (χ4n) is 1.94. The third kappa shape index (κ3) is 2.44. The highest BCUT2D eigenvalue weighted by atomic mass is 35.5. The number of nitrogens with zero attached hydrogens (tertiary/aromatic N) is 1. The number of alkyl halides is 3. The predicted molar refractivity (Wildman–Crippen MR) is 66.2 cm³/mol. The molecule has 0 N–H and O–H groups in total. The number of thiol groups is 1. The first kappa shape index (κ1) is 13.5. The van der Waals surface area contributed by atoms with E-state index in [0.717, 1.165) is 11.0 Å². The largest absolute Gasteiger partial charge is 0.419 e. The van der Waals surface area contributed by atoms with Gasteiger partial charge in [0.05, 0.1) is 16.3 Å². The molecule has 1 unspecified atom stereocenters. The third-order valence-corrected chi connectivity index (χ3v) is 3.33. The summed E-state index contributed by atoms with van der Waals surface area (Å²) in [5.74, 6) is -0.372. The van der Waals surface area contributed by atoms with E-state index < -0.39 is 16.8 Å². The quantitative estimate of drug-likeness (QED) is 0.788. The first-order chi connectivity index (χ1) is 8.30. The topological polar surface area (TPSA) is 20.3 Å². The molecule has 18 heavy (non-hydrogen) atoms. The van der Waals surface area contributed by atoms with Gasteiger partial charge in [-0.25, -0.2) is 0 Å². The van der Waals surface area contributed by atoms with Gasteiger partial charge in [-0.2, -0.15) is 25.8 Å². The van der Waals surface area contributed by atoms with Crippen molar-refractivity contribution in [1.29, 1.82) is 0 Å². The molecule has 1 saturated heterocycles. The van der Waals surface area contributed by atoms with Gasteiger partial charge in [0.1, 0.15) is 0 Å². The Morgan fingerprint density at radius 2 is 2.06 bits per heavy atom. The Morgan fingerprint density at radius 3 is 2.56 bits per heavy atom. The maximum absolute atomic E-state index is 12.9. The molecule has 7 heteroatoms. The van der Waals surface area contributed by atoms with Crippen LogP contribution in [-0.4, -0.2) is 17.7 Å². The Hall–Kier alpha value is -0.880. The van der Waals surface area contributed by atoms with Crippen LogP contribution in [0.25, 0.3) is 0 Å². The molecule has 1 heterocycles. The van der Waals surface area contributed by atoms with Crippen LogP contribution in [0.1, 0.15) is 12.0 Å². The molecule has 0 bridgehead atoms. The number of amides is 1. The van der Waals surface area contributed by atoms with Crippen LogP contribution in [0.15, 0.2) is 18.2 Å². The zero-order chi connectivity index (χ0) is 13.5. The van der Waals surface area contributed by atoms with Gasteiger partial charge in [0.25, 0.3) is 0 Å². The minimum absolute atomic E-state index is 0.132. The highest BCUT2D eigenvalue weighted by molar-refractivity contribution is 7.81. The molecule has 1 aliphatic heterocycles. The number of hydrogen-bond donors (Lipinski definition) is 1. The molecular weight excluding hydrogens is 287 g/mol. The molecule has 1 aliphatic rings. The van der Waals surface area contributed by atoms with Gasteiger partial charge in [0.2, 0.25) is 5.91 Å². The summed E-state index contributed by atoms with van der Waals surface area (Å²) in [6, 6.07) is 3.80. The third-order valence-electron chi connectivity index (χ3n) is 2.67. The number of carbonyl (C=O) groups is 1. The van der Waals surface area contributed by atoms with Crippen LogP contribution in [-0.2, 0) is 11.0 Å². The minimum atomic E-state index is -4.59. The molecular formula is C11H9ClF3NOS. The zero-order valence-corrected chi connectivity index (χ0v) is 10.7. The molecule has 0 aliphatic carbocycles. The van der Waals surface area contributed by atoms with Gasteiger partial charge < -0.3 is 4.90 Å². The molecule has 1 aromatic carbocycles. The number of anilines is 1. The Bertz CT molecular complexity index is 492. The van der Waals surface area contributed by atoms with Crippen molar-refractivity contribution in [3.05, 3.63) is 28.8 Å². The highest BCUT2D eigenvalue weighted by Gasteiger charge is 2.40. The molecule has 0 aromatic heterocycles. The van der Waals surface area contributed by atoms with Gasteiger partial charge in [0, 0.05) is 18.2 Å². The number of hydrogen-bond acceptors (Lipinski definition) is 2. The number of benzene rings is 1. The summed E-state index contributed by atoms with van der Waals surface area (Å²) < 4.78 is 38.8. The summed E-state index contributed by atoms with van der Waals surface area (Å²) in [5, 5.41) is -0.659. The second-order valence-electron chi connectivity index (χ2n) is 3.99. The van der Waals surface area contributed by atoms with Crippen molar-refractivity contribution < 1.29 is 18.0 Å². The van der Waals surface area contributed by atoms with Crippen LogP contribution in [0.3, 0.4) is 0 Å². The minimum Gasteiger partial charge on any atom is -0.311 e. The lowest BCUT2D eigenvalue weighted by Crippen LogP contribution is -2.27. The monoisotopic (exact) mass is 295 g/mol. The summed E-state index contributed by atoms with van der Waals surface area (Å²) in [6.45, 7) is 0.158. The average Bonchev–Trinajstić information content (AvgIpc) is 2.55. The van der Waals surface area contributed by atoms with Crippen molar-refractivity contribution in [3.63, 3.8) is 0 Å². The Morgan fingerprint density at radius 1 is 1.39 bits per heavy atom. The van der Waals surface area contributed by atoms with Crippen molar-refractivity contribution in [1.82, 2.24) is 0 Å². The maximum atomic E-state index is 12.9. The first-order valence-corrected chi connectivity index (χ1v) is 6.04. The molecule has 0 radical (unpaired) electrons. The van der Waals surface area contributed by atoms with Crippen molar-refractivity contribution in [3.8, 4) is 0 Å². The normalized spacial score (nSPS) is 20.6. The summed E-state index contributed by atoms with van der Waals surface area (Å²) in [4.78, 5) is 12.7. The Kier molecular flexibility index (Phi) is 3.51. The van der Waals surface area contributed by atoms with E-state index in [1.54, 1.807) is 0 Å². The summed E-state index contributed by atoms with van der Waals surface area (Å²) in [6.07, 6.45) is -4.46. The van der Waals surface area contributed by atoms with Gasteiger partial charge in [-0.15, -0.1) is 0 Å². The van der Waals surface area contributed by atoms with Gasteiger partial charge >= 0.3 is 6.18 Å². The van der Waals surface area contributed by atoms with Gasteiger partial charge in [-0.05, 0) is 12.1 Å². The van der Waals surface area contributed by atoms with Crippen molar-refractivity contribution >= 4 is 35.8 Å². The zero-order valence-electron chi connectivity index (χ0n) is 9.04. The molecule has 1 amide bonds. The fraction of sp³-hybridized carbons (Fsp3) is 0.364. The van der Waals surface area contributed by atoms with Crippen molar-refractivity contribution in [2.24, 2.45) is 0 Å². The summed E-state index contributed by atoms with van der Waals surface area (Å²) >= 11 is 9.72. The van der Waals surface area contributed by atoms with E-state index in [0.29, 0.717) is 0 Å². The van der Waals surface area contributed by atoms with E-state index in [4.69, 9.17) is 11.6 Å². The second kappa shape index (κ2) is 4.66. The lowest BCUT2D eigenvalue weighted by molar-refractivity contribution is -0.137. The van der Waals surface area contributed by atoms with Crippen molar-refractivity contribution in [2.75, 3.05) is 11.4 Å². The number of rotatable bonds is 1. The van der Waals surface area contributed by atoms with Crippen LogP contribution >= 0.6 is 24.2 Å². The standard InChI is InChI=1S/C11H9ClF3NOS/c12-7-2-1-3-8(10(7)11(13,14)15)16-5-6(18)4-9(16)17/h1-3,6,18H,4-5H2.